The minimum Gasteiger partial charge on any atom is -0.352 e. The third-order valence-corrected chi connectivity index (χ3v) is 5.85. The fraction of sp³-hybridized carbons (Fsp3) is 0.556. The van der Waals surface area contributed by atoms with Gasteiger partial charge in [0.15, 0.2) is 0 Å². The average Bonchev–Trinajstić information content (AvgIpc) is 2.82. The lowest BCUT2D eigenvalue weighted by molar-refractivity contribution is -0.141. The molecule has 0 aliphatic carbocycles. The number of unbranched alkanes of at least 4 members (excludes halogenated alkanes) is 9. The van der Waals surface area contributed by atoms with Crippen LogP contribution in [0.2, 0.25) is 0 Å². The van der Waals surface area contributed by atoms with Gasteiger partial charge in [0.2, 0.25) is 0 Å². The highest BCUT2D eigenvalue weighted by Crippen LogP contribution is 2.27. The van der Waals surface area contributed by atoms with Gasteiger partial charge < -0.3 is 10.5 Å². The van der Waals surface area contributed by atoms with E-state index in [9.17, 15) is 23.2 Å². The molecule has 2 aromatic rings. The molecular weight excluding hydrogens is 455 g/mol. The van der Waals surface area contributed by atoms with E-state index in [-0.39, 0.29) is 19.0 Å². The Morgan fingerprint density at radius 2 is 1.54 bits per heavy atom. The van der Waals surface area contributed by atoms with Gasteiger partial charge in [-0.3, -0.25) is 9.78 Å². The molecule has 0 fully saturated rings. The van der Waals surface area contributed by atoms with Crippen LogP contribution in [0, 0.1) is 0 Å². The summed E-state index contributed by atoms with van der Waals surface area (Å²) in [5.41, 5.74) is 0.714. The Morgan fingerprint density at radius 1 is 0.914 bits per heavy atom. The SMILES string of the molecule is CCCCCCCCCCCCNC(=O)c1cccc(CN(O)Cc2ccc(C(F)(F)F)nc2)c1. The van der Waals surface area contributed by atoms with Gasteiger partial charge in [-0.05, 0) is 35.7 Å². The van der Waals surface area contributed by atoms with Crippen LogP contribution >= 0.6 is 0 Å². The van der Waals surface area contributed by atoms with E-state index in [4.69, 9.17) is 0 Å². The number of carbonyl (C=O) groups excluding carboxylic acids is 1. The minimum atomic E-state index is -4.49. The average molecular weight is 494 g/mol. The number of rotatable bonds is 16. The van der Waals surface area contributed by atoms with E-state index in [2.05, 4.69) is 17.2 Å². The molecule has 0 saturated heterocycles. The van der Waals surface area contributed by atoms with Crippen molar-refractivity contribution >= 4 is 5.91 Å². The van der Waals surface area contributed by atoms with Crippen molar-refractivity contribution in [3.63, 3.8) is 0 Å². The molecule has 8 heteroatoms. The van der Waals surface area contributed by atoms with Crippen LogP contribution in [0.1, 0.15) is 98.3 Å². The van der Waals surface area contributed by atoms with Crippen LogP contribution < -0.4 is 5.32 Å². The lowest BCUT2D eigenvalue weighted by atomic mass is 10.1. The standard InChI is InChI=1S/C27H38F3N3O2/c1-2-3-4-5-6-7-8-9-10-11-17-31-26(34)24-14-12-13-22(18-24)20-33(35)21-23-15-16-25(32-19-23)27(28,29)30/h12-16,18-19,35H,2-11,17,20-21H2,1H3,(H,31,34). The largest absolute Gasteiger partial charge is 0.433 e. The Labute approximate surface area is 206 Å². The Bertz CT molecular complexity index is 873. The smallest absolute Gasteiger partial charge is 0.352 e. The third kappa shape index (κ3) is 11.7. The summed E-state index contributed by atoms with van der Waals surface area (Å²) in [7, 11) is 0. The summed E-state index contributed by atoms with van der Waals surface area (Å²) in [6.45, 7) is 3.00. The molecular formula is C27H38F3N3O2. The summed E-state index contributed by atoms with van der Waals surface area (Å²) < 4.78 is 37.9. The molecule has 0 aliphatic rings. The molecule has 1 aromatic carbocycles. The Balaban J connectivity index is 1.67. The Hall–Kier alpha value is -2.45. The zero-order valence-corrected chi connectivity index (χ0v) is 20.6. The molecule has 0 unspecified atom stereocenters. The number of hydroxylamine groups is 2. The summed E-state index contributed by atoms with van der Waals surface area (Å²) in [6, 6.07) is 9.14. The number of benzene rings is 1. The number of pyridine rings is 1. The predicted octanol–water partition coefficient (Wildman–Crippen LogP) is 7.14. The second-order valence-corrected chi connectivity index (χ2v) is 9.01. The van der Waals surface area contributed by atoms with Crippen molar-refractivity contribution in [2.24, 2.45) is 0 Å². The molecule has 1 heterocycles. The molecule has 2 rings (SSSR count). The Kier molecular flexibility index (Phi) is 12.8. The van der Waals surface area contributed by atoms with E-state index in [1.54, 1.807) is 24.3 Å². The van der Waals surface area contributed by atoms with Crippen LogP contribution in [0.25, 0.3) is 0 Å². The molecule has 0 aliphatic heterocycles. The van der Waals surface area contributed by atoms with Gasteiger partial charge in [-0.25, -0.2) is 0 Å². The van der Waals surface area contributed by atoms with Crippen LogP contribution in [-0.2, 0) is 19.3 Å². The normalized spacial score (nSPS) is 11.7. The number of carbonyl (C=O) groups is 1. The van der Waals surface area contributed by atoms with Crippen LogP contribution in [0.5, 0.6) is 0 Å². The van der Waals surface area contributed by atoms with Crippen molar-refractivity contribution in [1.29, 1.82) is 0 Å². The van der Waals surface area contributed by atoms with E-state index < -0.39 is 11.9 Å². The van der Waals surface area contributed by atoms with Gasteiger partial charge in [-0.15, -0.1) is 0 Å². The van der Waals surface area contributed by atoms with Gasteiger partial charge in [-0.1, -0.05) is 82.9 Å². The number of amides is 1. The molecule has 1 aromatic heterocycles. The fourth-order valence-electron chi connectivity index (χ4n) is 3.89. The molecule has 194 valence electrons. The van der Waals surface area contributed by atoms with Crippen molar-refractivity contribution in [2.45, 2.75) is 90.4 Å². The van der Waals surface area contributed by atoms with Crippen LogP contribution in [0.3, 0.4) is 0 Å². The molecule has 0 radical (unpaired) electrons. The minimum absolute atomic E-state index is 0.0142. The maximum Gasteiger partial charge on any atom is 0.433 e. The topological polar surface area (TPSA) is 65.5 Å². The molecule has 2 N–H and O–H groups in total. The summed E-state index contributed by atoms with van der Waals surface area (Å²) in [4.78, 5) is 15.9. The second kappa shape index (κ2) is 15.5. The molecule has 0 spiro atoms. The van der Waals surface area contributed by atoms with Gasteiger partial charge in [-0.2, -0.15) is 18.2 Å². The van der Waals surface area contributed by atoms with Crippen molar-refractivity contribution in [3.05, 3.63) is 65.0 Å². The summed E-state index contributed by atoms with van der Waals surface area (Å²) in [6.07, 6.45) is 9.01. The van der Waals surface area contributed by atoms with Gasteiger partial charge >= 0.3 is 6.18 Å². The van der Waals surface area contributed by atoms with E-state index in [0.29, 0.717) is 17.7 Å². The van der Waals surface area contributed by atoms with Crippen LogP contribution in [-0.4, -0.2) is 27.7 Å². The van der Waals surface area contributed by atoms with Crippen molar-refractivity contribution in [3.8, 4) is 0 Å². The first kappa shape index (κ1) is 28.8. The number of nitrogens with one attached hydrogen (secondary N) is 1. The van der Waals surface area contributed by atoms with E-state index in [1.165, 1.54) is 57.4 Å². The highest BCUT2D eigenvalue weighted by atomic mass is 19.4. The summed E-state index contributed by atoms with van der Waals surface area (Å²) in [5, 5.41) is 14.1. The first-order chi connectivity index (χ1) is 16.8. The van der Waals surface area contributed by atoms with Crippen molar-refractivity contribution < 1.29 is 23.2 Å². The maximum atomic E-state index is 12.6. The summed E-state index contributed by atoms with van der Waals surface area (Å²) in [5.74, 6) is -0.154. The predicted molar refractivity (Wildman–Crippen MR) is 131 cm³/mol. The monoisotopic (exact) mass is 493 g/mol. The Morgan fingerprint density at radius 3 is 2.14 bits per heavy atom. The van der Waals surface area contributed by atoms with Gasteiger partial charge in [0.25, 0.3) is 5.91 Å². The van der Waals surface area contributed by atoms with Crippen molar-refractivity contribution in [1.82, 2.24) is 15.4 Å². The maximum absolute atomic E-state index is 12.6. The van der Waals surface area contributed by atoms with Crippen molar-refractivity contribution in [2.75, 3.05) is 6.54 Å². The molecule has 0 saturated carbocycles. The van der Waals surface area contributed by atoms with Gasteiger partial charge in [0.05, 0.1) is 6.54 Å². The van der Waals surface area contributed by atoms with Crippen LogP contribution in [0.4, 0.5) is 13.2 Å². The van der Waals surface area contributed by atoms with Gasteiger partial charge in [0, 0.05) is 24.8 Å². The highest BCUT2D eigenvalue weighted by molar-refractivity contribution is 5.94. The zero-order chi connectivity index (χ0) is 25.5. The number of halogens is 3. The number of nitrogens with zero attached hydrogens (tertiary/aromatic N) is 2. The van der Waals surface area contributed by atoms with E-state index >= 15 is 0 Å². The lowest BCUT2D eigenvalue weighted by Crippen LogP contribution is -2.25. The quantitative estimate of drug-likeness (QED) is 0.193. The van der Waals surface area contributed by atoms with E-state index in [1.807, 2.05) is 0 Å². The molecule has 0 bridgehead atoms. The first-order valence-corrected chi connectivity index (χ1v) is 12.6. The molecule has 1 amide bonds. The molecule has 5 nitrogen and oxygen atoms in total. The fourth-order valence-corrected chi connectivity index (χ4v) is 3.89. The molecule has 35 heavy (non-hydrogen) atoms. The molecule has 0 atom stereocenters. The zero-order valence-electron chi connectivity index (χ0n) is 20.6. The van der Waals surface area contributed by atoms with Crippen LogP contribution in [0.15, 0.2) is 42.6 Å². The van der Waals surface area contributed by atoms with Gasteiger partial charge in [0.1, 0.15) is 5.69 Å². The lowest BCUT2D eigenvalue weighted by Gasteiger charge is -2.16. The highest BCUT2D eigenvalue weighted by Gasteiger charge is 2.32. The number of hydrogen-bond donors (Lipinski definition) is 2. The second-order valence-electron chi connectivity index (χ2n) is 9.01. The number of alkyl halides is 3. The summed E-state index contributed by atoms with van der Waals surface area (Å²) >= 11 is 0. The van der Waals surface area contributed by atoms with E-state index in [0.717, 1.165) is 35.7 Å². The number of hydrogen-bond acceptors (Lipinski definition) is 4. The number of aromatic nitrogens is 1. The third-order valence-electron chi connectivity index (χ3n) is 5.85. The first-order valence-electron chi connectivity index (χ1n) is 12.6.